The van der Waals surface area contributed by atoms with Gasteiger partial charge in [-0.2, -0.15) is 0 Å². The predicted molar refractivity (Wildman–Crippen MR) is 61.7 cm³/mol. The molecule has 0 spiro atoms. The van der Waals surface area contributed by atoms with Crippen molar-refractivity contribution in [1.29, 1.82) is 0 Å². The molecule has 0 aliphatic heterocycles. The number of furan rings is 1. The third-order valence-electron chi connectivity index (χ3n) is 2.59. The lowest BCUT2D eigenvalue weighted by molar-refractivity contribution is 0.617. The van der Waals surface area contributed by atoms with E-state index in [1.807, 2.05) is 24.3 Å². The maximum Gasteiger partial charge on any atom is 0.134 e. The number of fused-ring (bicyclic) bond motifs is 1. The maximum atomic E-state index is 5.51. The van der Waals surface area contributed by atoms with Crippen LogP contribution in [0.4, 0.5) is 0 Å². The second-order valence-electron chi connectivity index (χ2n) is 3.59. The number of hydrogen-bond acceptors (Lipinski definition) is 3. The smallest absolute Gasteiger partial charge is 0.134 e. The summed E-state index contributed by atoms with van der Waals surface area (Å²) in [6, 6.07) is 7.91. The highest BCUT2D eigenvalue weighted by Gasteiger charge is 2.09. The van der Waals surface area contributed by atoms with Crippen molar-refractivity contribution in [3.63, 3.8) is 0 Å². The van der Waals surface area contributed by atoms with Gasteiger partial charge in [-0.15, -0.1) is 0 Å². The summed E-state index contributed by atoms with van der Waals surface area (Å²) in [4.78, 5) is 7.34. The lowest BCUT2D eigenvalue weighted by Gasteiger charge is -1.92. The monoisotopic (exact) mass is 213 g/mol. The van der Waals surface area contributed by atoms with E-state index in [4.69, 9.17) is 10.2 Å². The maximum absolute atomic E-state index is 5.51. The van der Waals surface area contributed by atoms with Gasteiger partial charge >= 0.3 is 0 Å². The lowest BCUT2D eigenvalue weighted by atomic mass is 10.1. The van der Waals surface area contributed by atoms with Crippen LogP contribution in [0.5, 0.6) is 0 Å². The van der Waals surface area contributed by atoms with E-state index < -0.39 is 0 Å². The molecule has 0 fully saturated rings. The van der Waals surface area contributed by atoms with Gasteiger partial charge in [0, 0.05) is 10.9 Å². The minimum absolute atomic E-state index is 0.412. The Bertz CT molecular complexity index is 624. The fraction of sp³-hybridized carbons (Fsp3) is 0.0833. The number of H-pyrrole nitrogens is 1. The van der Waals surface area contributed by atoms with E-state index in [9.17, 15) is 0 Å². The Labute approximate surface area is 92.1 Å². The molecule has 0 atom stereocenters. The largest absolute Gasteiger partial charge is 0.464 e. The second-order valence-corrected chi connectivity index (χ2v) is 3.59. The molecule has 0 saturated heterocycles. The van der Waals surface area contributed by atoms with Crippen molar-refractivity contribution in [3.05, 3.63) is 42.5 Å². The summed E-state index contributed by atoms with van der Waals surface area (Å²) in [5.41, 5.74) is 8.34. The number of aromatic amines is 1. The zero-order chi connectivity index (χ0) is 11.0. The van der Waals surface area contributed by atoms with E-state index >= 15 is 0 Å². The Morgan fingerprint density at radius 3 is 3.00 bits per heavy atom. The normalized spacial score (nSPS) is 11.1. The molecule has 4 heteroatoms. The molecule has 3 rings (SSSR count). The van der Waals surface area contributed by atoms with Crippen molar-refractivity contribution in [2.75, 3.05) is 0 Å². The molecule has 2 aromatic heterocycles. The summed E-state index contributed by atoms with van der Waals surface area (Å²) < 4.78 is 5.47. The molecule has 0 unspecified atom stereocenters. The molecule has 16 heavy (non-hydrogen) atoms. The van der Waals surface area contributed by atoms with Crippen molar-refractivity contribution in [2.45, 2.75) is 6.54 Å². The van der Waals surface area contributed by atoms with Gasteiger partial charge in [-0.05, 0) is 6.07 Å². The van der Waals surface area contributed by atoms with Crippen LogP contribution in [0.3, 0.4) is 0 Å². The van der Waals surface area contributed by atoms with Crippen molar-refractivity contribution in [3.8, 4) is 11.3 Å². The van der Waals surface area contributed by atoms with E-state index in [2.05, 4.69) is 9.97 Å². The molecular formula is C12H11N3O. The van der Waals surface area contributed by atoms with Crippen LogP contribution in [-0.2, 0) is 6.54 Å². The van der Waals surface area contributed by atoms with Crippen molar-refractivity contribution < 1.29 is 4.42 Å². The molecule has 1 aromatic carbocycles. The summed E-state index contributed by atoms with van der Waals surface area (Å²) in [5, 5.41) is 1.08. The van der Waals surface area contributed by atoms with Gasteiger partial charge < -0.3 is 15.1 Å². The van der Waals surface area contributed by atoms with Gasteiger partial charge in [-0.25, -0.2) is 4.98 Å². The number of imidazole rings is 1. The quantitative estimate of drug-likeness (QED) is 0.686. The van der Waals surface area contributed by atoms with Crippen LogP contribution in [0, 0.1) is 0 Å². The molecule has 4 nitrogen and oxygen atoms in total. The third kappa shape index (κ3) is 1.31. The van der Waals surface area contributed by atoms with Crippen LogP contribution in [0.15, 0.2) is 41.1 Å². The first-order valence-electron chi connectivity index (χ1n) is 5.09. The number of nitrogens with two attached hydrogens (primary N) is 1. The minimum atomic E-state index is 0.412. The number of hydrogen-bond donors (Lipinski definition) is 2. The Morgan fingerprint density at radius 2 is 2.19 bits per heavy atom. The van der Waals surface area contributed by atoms with E-state index in [0.29, 0.717) is 6.54 Å². The molecule has 3 N–H and O–H groups in total. The van der Waals surface area contributed by atoms with Gasteiger partial charge in [0.2, 0.25) is 0 Å². The molecule has 0 aliphatic rings. The van der Waals surface area contributed by atoms with Crippen LogP contribution in [0.1, 0.15) is 5.82 Å². The standard InChI is InChI=1S/C12H11N3O/c13-5-12-14-6-10(15-12)9-7-16-11-4-2-1-3-8(9)11/h1-4,6-7H,5,13H2,(H,14,15). The topological polar surface area (TPSA) is 67.8 Å². The first kappa shape index (κ1) is 9.18. The number of nitrogens with zero attached hydrogens (tertiary/aromatic N) is 1. The molecule has 0 bridgehead atoms. The summed E-state index contributed by atoms with van der Waals surface area (Å²) >= 11 is 0. The molecule has 2 heterocycles. The van der Waals surface area contributed by atoms with Gasteiger partial charge in [0.05, 0.1) is 18.4 Å². The SMILES string of the molecule is NCc1ncc(-c2coc3ccccc23)[nH]1. The summed E-state index contributed by atoms with van der Waals surface area (Å²) in [5.74, 6) is 0.778. The average molecular weight is 213 g/mol. The van der Waals surface area contributed by atoms with Crippen LogP contribution in [0.25, 0.3) is 22.2 Å². The lowest BCUT2D eigenvalue weighted by Crippen LogP contribution is -1.97. The molecule has 0 aliphatic carbocycles. The fourth-order valence-corrected chi connectivity index (χ4v) is 1.79. The average Bonchev–Trinajstić information content (AvgIpc) is 2.94. The first-order valence-corrected chi connectivity index (χ1v) is 5.09. The predicted octanol–water partition coefficient (Wildman–Crippen LogP) is 2.28. The zero-order valence-electron chi connectivity index (χ0n) is 8.60. The fourth-order valence-electron chi connectivity index (χ4n) is 1.79. The van der Waals surface area contributed by atoms with Crippen molar-refractivity contribution >= 4 is 11.0 Å². The van der Waals surface area contributed by atoms with Crippen molar-refractivity contribution in [1.82, 2.24) is 9.97 Å². The van der Waals surface area contributed by atoms with Crippen molar-refractivity contribution in [2.24, 2.45) is 5.73 Å². The van der Waals surface area contributed by atoms with Gasteiger partial charge in [0.15, 0.2) is 0 Å². The van der Waals surface area contributed by atoms with Crippen LogP contribution in [0.2, 0.25) is 0 Å². The zero-order valence-corrected chi connectivity index (χ0v) is 8.60. The van der Waals surface area contributed by atoms with Crippen LogP contribution < -0.4 is 5.73 Å². The van der Waals surface area contributed by atoms with Gasteiger partial charge in [0.25, 0.3) is 0 Å². The summed E-state index contributed by atoms with van der Waals surface area (Å²) in [6.45, 7) is 0.412. The Morgan fingerprint density at radius 1 is 1.31 bits per heavy atom. The number of benzene rings is 1. The highest BCUT2D eigenvalue weighted by Crippen LogP contribution is 2.28. The van der Waals surface area contributed by atoms with Gasteiger partial charge in [-0.3, -0.25) is 0 Å². The van der Waals surface area contributed by atoms with E-state index in [1.54, 1.807) is 12.5 Å². The van der Waals surface area contributed by atoms with E-state index in [0.717, 1.165) is 28.1 Å². The Kier molecular flexibility index (Phi) is 2.01. The summed E-state index contributed by atoms with van der Waals surface area (Å²) in [7, 11) is 0. The molecule has 0 radical (unpaired) electrons. The second kappa shape index (κ2) is 3.50. The van der Waals surface area contributed by atoms with E-state index in [1.165, 1.54) is 0 Å². The molecular weight excluding hydrogens is 202 g/mol. The Balaban J connectivity index is 2.18. The number of rotatable bonds is 2. The van der Waals surface area contributed by atoms with E-state index in [-0.39, 0.29) is 0 Å². The molecule has 0 amide bonds. The number of nitrogens with one attached hydrogen (secondary N) is 1. The van der Waals surface area contributed by atoms with Crippen LogP contribution in [-0.4, -0.2) is 9.97 Å². The van der Waals surface area contributed by atoms with Gasteiger partial charge in [-0.1, -0.05) is 18.2 Å². The molecule has 80 valence electrons. The number of aromatic nitrogens is 2. The first-order chi connectivity index (χ1) is 7.88. The molecule has 3 aromatic rings. The highest BCUT2D eigenvalue weighted by molar-refractivity contribution is 5.92. The van der Waals surface area contributed by atoms with Crippen LogP contribution >= 0.6 is 0 Å². The van der Waals surface area contributed by atoms with Gasteiger partial charge in [0.1, 0.15) is 17.7 Å². The third-order valence-corrected chi connectivity index (χ3v) is 2.59. The molecule has 0 saturated carbocycles. The Hall–Kier alpha value is -2.07. The highest BCUT2D eigenvalue weighted by atomic mass is 16.3. The minimum Gasteiger partial charge on any atom is -0.464 e. The summed E-state index contributed by atoms with van der Waals surface area (Å²) in [6.07, 6.45) is 3.51. The number of para-hydroxylation sites is 1.